The molecular weight excluding hydrogens is 575 g/mol. The number of alkyl halides is 3. The second-order valence-electron chi connectivity index (χ2n) is 8.93. The molecule has 230 valence electrons. The van der Waals surface area contributed by atoms with Crippen LogP contribution in [0.15, 0.2) is 66.9 Å². The lowest BCUT2D eigenvalue weighted by Gasteiger charge is -2.17. The number of aliphatic hydroxyl groups is 1. The van der Waals surface area contributed by atoms with Crippen LogP contribution in [0.4, 0.5) is 30.4 Å². The molecule has 2 aromatic carbocycles. The topological polar surface area (TPSA) is 170 Å². The van der Waals surface area contributed by atoms with Gasteiger partial charge in [-0.15, -0.1) is 0 Å². The number of para-hydroxylation sites is 1. The summed E-state index contributed by atoms with van der Waals surface area (Å²) in [6, 6.07) is 17.4. The second-order valence-corrected chi connectivity index (χ2v) is 8.93. The van der Waals surface area contributed by atoms with Crippen molar-refractivity contribution in [2.45, 2.75) is 18.7 Å². The summed E-state index contributed by atoms with van der Waals surface area (Å²) in [5.74, 6) is -2.87. The number of carbonyl (C=O) groups excluding carboxylic acids is 3. The van der Waals surface area contributed by atoms with E-state index in [0.29, 0.717) is 28.5 Å². The highest BCUT2D eigenvalue weighted by molar-refractivity contribution is 6.00. The maximum atomic E-state index is 12.7. The van der Waals surface area contributed by atoms with E-state index in [1.807, 2.05) is 12.1 Å². The predicted molar refractivity (Wildman–Crippen MR) is 150 cm³/mol. The molecule has 1 heterocycles. The largest absolute Gasteiger partial charge is 0.497 e. The van der Waals surface area contributed by atoms with Crippen molar-refractivity contribution in [3.63, 3.8) is 0 Å². The zero-order valence-electron chi connectivity index (χ0n) is 23.3. The number of ether oxygens (including phenoxy) is 1. The normalized spacial score (nSPS) is 11.2. The number of hydrogen-bond acceptors (Lipinski definition) is 8. The number of carboxylic acids is 1. The third kappa shape index (κ3) is 11.3. The van der Waals surface area contributed by atoms with Gasteiger partial charge < -0.3 is 35.8 Å². The van der Waals surface area contributed by atoms with Gasteiger partial charge in [0.1, 0.15) is 17.7 Å². The summed E-state index contributed by atoms with van der Waals surface area (Å²) in [6.45, 7) is -0.218. The highest BCUT2D eigenvalue weighted by atomic mass is 19.4. The summed E-state index contributed by atoms with van der Waals surface area (Å²) in [5.41, 5.74) is 2.27. The Morgan fingerprint density at radius 3 is 2.23 bits per heavy atom. The Bertz CT molecular complexity index is 1420. The number of nitrogens with one attached hydrogen (secondary N) is 3. The van der Waals surface area contributed by atoms with E-state index in [9.17, 15) is 32.7 Å². The third-order valence-electron chi connectivity index (χ3n) is 5.43. The highest BCUT2D eigenvalue weighted by Crippen LogP contribution is 2.22. The molecule has 15 heteroatoms. The minimum atomic E-state index is -5.08. The number of methoxy groups -OCH3 is 1. The van der Waals surface area contributed by atoms with Crippen LogP contribution in [0, 0.1) is 0 Å². The standard InChI is InChI=1S/C26H29N5O5.C2HF3O2/c1-31(2)26(35)22(32)16-28-25(34)20-6-4-5-7-21(20)29-18-12-13-27-23(15-18)30-24(33)14-17-8-10-19(36-3)11-9-17;3-2(4,5)1(6)7/h4-13,15,22,32H,14,16H2,1-3H3,(H,28,34)(H2,27,29,30,33);(H,6,7)/t22-;/m0./s1. The number of aliphatic hydroxyl groups excluding tert-OH is 1. The number of halogens is 3. The fourth-order valence-electron chi connectivity index (χ4n) is 3.31. The molecule has 0 fully saturated rings. The summed E-state index contributed by atoms with van der Waals surface area (Å²) in [7, 11) is 4.63. The minimum Gasteiger partial charge on any atom is -0.497 e. The molecule has 0 saturated carbocycles. The fourth-order valence-corrected chi connectivity index (χ4v) is 3.31. The molecule has 0 bridgehead atoms. The van der Waals surface area contributed by atoms with Crippen LogP contribution >= 0.6 is 0 Å². The highest BCUT2D eigenvalue weighted by Gasteiger charge is 2.38. The van der Waals surface area contributed by atoms with Gasteiger partial charge in [-0.3, -0.25) is 14.4 Å². The zero-order valence-corrected chi connectivity index (χ0v) is 23.3. The molecule has 3 aromatic rings. The maximum absolute atomic E-state index is 12.7. The number of rotatable bonds is 10. The zero-order chi connectivity index (χ0) is 32.2. The summed E-state index contributed by atoms with van der Waals surface area (Å²) < 4.78 is 36.9. The Balaban J connectivity index is 0.000000821. The smallest absolute Gasteiger partial charge is 0.490 e. The van der Waals surface area contributed by atoms with Crippen molar-refractivity contribution in [2.24, 2.45) is 0 Å². The van der Waals surface area contributed by atoms with E-state index in [4.69, 9.17) is 14.6 Å². The fraction of sp³-hybridized carbons (Fsp3) is 0.250. The van der Waals surface area contributed by atoms with Crippen LogP contribution in [-0.4, -0.2) is 83.8 Å². The number of aliphatic carboxylic acids is 1. The van der Waals surface area contributed by atoms with Gasteiger partial charge in [-0.2, -0.15) is 13.2 Å². The molecule has 0 saturated heterocycles. The van der Waals surface area contributed by atoms with Gasteiger partial charge in [-0.05, 0) is 35.9 Å². The van der Waals surface area contributed by atoms with Crippen LogP contribution in [0.1, 0.15) is 15.9 Å². The van der Waals surface area contributed by atoms with Crippen molar-refractivity contribution in [1.29, 1.82) is 0 Å². The first-order valence-corrected chi connectivity index (χ1v) is 12.4. The van der Waals surface area contributed by atoms with Crippen molar-refractivity contribution >= 4 is 40.9 Å². The number of amides is 3. The van der Waals surface area contributed by atoms with Crippen molar-refractivity contribution in [3.05, 3.63) is 78.0 Å². The molecule has 0 spiro atoms. The van der Waals surface area contributed by atoms with Gasteiger partial charge in [0.25, 0.3) is 11.8 Å². The minimum absolute atomic E-state index is 0.175. The van der Waals surface area contributed by atoms with Crippen LogP contribution < -0.4 is 20.7 Å². The van der Waals surface area contributed by atoms with Gasteiger partial charge in [-0.1, -0.05) is 24.3 Å². The average molecular weight is 606 g/mol. The van der Waals surface area contributed by atoms with Crippen LogP contribution in [0.2, 0.25) is 0 Å². The first kappa shape index (κ1) is 34.0. The lowest BCUT2D eigenvalue weighted by molar-refractivity contribution is -0.192. The first-order valence-electron chi connectivity index (χ1n) is 12.4. The Hall–Kier alpha value is -5.18. The number of carboxylic acid groups (broad SMARTS) is 1. The lowest BCUT2D eigenvalue weighted by atomic mass is 10.1. The number of benzene rings is 2. The molecule has 12 nitrogen and oxygen atoms in total. The van der Waals surface area contributed by atoms with Gasteiger partial charge in [-0.25, -0.2) is 9.78 Å². The number of pyridine rings is 1. The SMILES string of the molecule is COc1ccc(CC(=O)Nc2cc(Nc3ccccc3C(=O)NC[C@H](O)C(=O)N(C)C)ccn2)cc1.O=C(O)C(F)(F)F. The van der Waals surface area contributed by atoms with Gasteiger partial charge in [0.05, 0.1) is 31.3 Å². The molecular formula is C28H30F3N5O7. The molecule has 3 rings (SSSR count). The number of likely N-dealkylation sites (N-methyl/N-ethyl adjacent to an activating group) is 1. The molecule has 0 aliphatic heterocycles. The molecule has 3 amide bonds. The molecule has 5 N–H and O–H groups in total. The Labute approximate surface area is 244 Å². The summed E-state index contributed by atoms with van der Waals surface area (Å²) in [4.78, 5) is 51.3. The van der Waals surface area contributed by atoms with Gasteiger partial charge >= 0.3 is 12.1 Å². The Morgan fingerprint density at radius 1 is 1.02 bits per heavy atom. The van der Waals surface area contributed by atoms with Crippen LogP contribution in [0.25, 0.3) is 0 Å². The monoisotopic (exact) mass is 605 g/mol. The first-order chi connectivity index (χ1) is 20.2. The van der Waals surface area contributed by atoms with Gasteiger partial charge in [0.15, 0.2) is 0 Å². The summed E-state index contributed by atoms with van der Waals surface area (Å²) in [5, 5.41) is 25.6. The van der Waals surface area contributed by atoms with Crippen LogP contribution in [0.5, 0.6) is 5.75 Å². The lowest BCUT2D eigenvalue weighted by Crippen LogP contribution is -2.42. The maximum Gasteiger partial charge on any atom is 0.490 e. The van der Waals surface area contributed by atoms with Crippen molar-refractivity contribution in [3.8, 4) is 5.75 Å². The Kier molecular flexibility index (Phi) is 12.4. The van der Waals surface area contributed by atoms with Crippen molar-refractivity contribution < 1.29 is 47.3 Å². The number of carbonyl (C=O) groups is 4. The summed E-state index contributed by atoms with van der Waals surface area (Å²) in [6.07, 6.45) is -4.71. The second kappa shape index (κ2) is 15.7. The molecule has 0 radical (unpaired) electrons. The van der Waals surface area contributed by atoms with E-state index in [2.05, 4.69) is 20.9 Å². The number of hydrogen-bond donors (Lipinski definition) is 5. The van der Waals surface area contributed by atoms with E-state index in [0.717, 1.165) is 5.56 Å². The summed E-state index contributed by atoms with van der Waals surface area (Å²) >= 11 is 0. The quantitative estimate of drug-likeness (QED) is 0.233. The van der Waals surface area contributed by atoms with Crippen molar-refractivity contribution in [1.82, 2.24) is 15.2 Å². The van der Waals surface area contributed by atoms with Crippen molar-refractivity contribution in [2.75, 3.05) is 38.4 Å². The Morgan fingerprint density at radius 2 is 1.65 bits per heavy atom. The number of nitrogens with zero attached hydrogens (tertiary/aromatic N) is 2. The van der Waals surface area contributed by atoms with E-state index in [-0.39, 0.29) is 18.9 Å². The molecule has 1 atom stereocenters. The van der Waals surface area contributed by atoms with Gasteiger partial charge in [0.2, 0.25) is 5.91 Å². The average Bonchev–Trinajstić information content (AvgIpc) is 2.96. The predicted octanol–water partition coefficient (Wildman–Crippen LogP) is 2.83. The van der Waals surface area contributed by atoms with Crippen LogP contribution in [0.3, 0.4) is 0 Å². The number of anilines is 3. The molecule has 0 aliphatic rings. The number of aromatic nitrogens is 1. The molecule has 43 heavy (non-hydrogen) atoms. The van der Waals surface area contributed by atoms with E-state index >= 15 is 0 Å². The molecule has 0 unspecified atom stereocenters. The van der Waals surface area contributed by atoms with Crippen LogP contribution in [-0.2, 0) is 20.8 Å². The molecule has 1 aromatic heterocycles. The van der Waals surface area contributed by atoms with E-state index in [1.165, 1.54) is 25.2 Å². The third-order valence-corrected chi connectivity index (χ3v) is 5.43. The van der Waals surface area contributed by atoms with Gasteiger partial charge in [0, 0.05) is 32.0 Å². The molecule has 0 aliphatic carbocycles. The van der Waals surface area contributed by atoms with E-state index < -0.39 is 30.1 Å². The van der Waals surface area contributed by atoms with E-state index in [1.54, 1.807) is 55.6 Å².